The number of sulfonamides is 1. The van der Waals surface area contributed by atoms with Gasteiger partial charge in [0.05, 0.1) is 18.4 Å². The molecule has 204 valence electrons. The van der Waals surface area contributed by atoms with Crippen molar-refractivity contribution in [2.24, 2.45) is 23.1 Å². The summed E-state index contributed by atoms with van der Waals surface area (Å²) in [7, 11) is -3.86. The SMILES string of the molecule is CCOc1ccc(NC(=O)[C@H](CC2CCCCC2)NC(=O)C(N)CS(=O)(=O)N(CCN)CCN)cc1. The molecule has 1 saturated carbocycles. The third-order valence-corrected chi connectivity index (χ3v) is 8.17. The number of rotatable bonds is 15. The van der Waals surface area contributed by atoms with E-state index in [1.54, 1.807) is 24.3 Å². The summed E-state index contributed by atoms with van der Waals surface area (Å²) in [6, 6.07) is 4.77. The van der Waals surface area contributed by atoms with E-state index in [4.69, 9.17) is 21.9 Å². The molecule has 1 fully saturated rings. The number of carbonyl (C=O) groups excluding carboxylic acids is 2. The Morgan fingerprint density at radius 2 is 1.67 bits per heavy atom. The van der Waals surface area contributed by atoms with Crippen molar-refractivity contribution in [2.75, 3.05) is 43.9 Å². The second kappa shape index (κ2) is 15.1. The second-order valence-corrected chi connectivity index (χ2v) is 11.1. The number of nitrogens with one attached hydrogen (secondary N) is 2. The van der Waals surface area contributed by atoms with Crippen LogP contribution in [-0.2, 0) is 19.6 Å². The Bertz CT molecular complexity index is 915. The second-order valence-electron chi connectivity index (χ2n) is 9.11. The smallest absolute Gasteiger partial charge is 0.246 e. The normalized spacial score (nSPS) is 16.4. The maximum Gasteiger partial charge on any atom is 0.246 e. The Balaban J connectivity index is 2.09. The highest BCUT2D eigenvalue weighted by atomic mass is 32.2. The first-order valence-electron chi connectivity index (χ1n) is 12.7. The van der Waals surface area contributed by atoms with Crippen LogP contribution in [-0.4, -0.2) is 75.2 Å². The number of hydrogen-bond acceptors (Lipinski definition) is 8. The fourth-order valence-electron chi connectivity index (χ4n) is 4.38. The van der Waals surface area contributed by atoms with E-state index >= 15 is 0 Å². The van der Waals surface area contributed by atoms with Gasteiger partial charge < -0.3 is 32.6 Å². The van der Waals surface area contributed by atoms with Crippen LogP contribution in [0.25, 0.3) is 0 Å². The summed E-state index contributed by atoms with van der Waals surface area (Å²) in [5.41, 5.74) is 17.6. The van der Waals surface area contributed by atoms with Crippen LogP contribution in [0.15, 0.2) is 24.3 Å². The van der Waals surface area contributed by atoms with Crippen molar-refractivity contribution in [2.45, 2.75) is 57.5 Å². The van der Waals surface area contributed by atoms with Gasteiger partial charge in [-0.25, -0.2) is 8.42 Å². The number of nitrogens with zero attached hydrogens (tertiary/aromatic N) is 1. The summed E-state index contributed by atoms with van der Waals surface area (Å²) in [6.45, 7) is 2.84. The highest BCUT2D eigenvalue weighted by molar-refractivity contribution is 7.89. The molecule has 1 aromatic rings. The quantitative estimate of drug-likeness (QED) is 0.217. The summed E-state index contributed by atoms with van der Waals surface area (Å²) < 4.78 is 32.1. The molecule has 1 aliphatic rings. The highest BCUT2D eigenvalue weighted by Gasteiger charge is 2.31. The fraction of sp³-hybridized carbons (Fsp3) is 0.667. The van der Waals surface area contributed by atoms with E-state index in [0.717, 1.165) is 36.4 Å². The van der Waals surface area contributed by atoms with Crippen molar-refractivity contribution in [3.8, 4) is 5.75 Å². The first kappa shape index (κ1) is 30.0. The largest absolute Gasteiger partial charge is 0.494 e. The van der Waals surface area contributed by atoms with Crippen molar-refractivity contribution >= 4 is 27.5 Å². The zero-order valence-electron chi connectivity index (χ0n) is 21.2. The van der Waals surface area contributed by atoms with Gasteiger partial charge in [0.25, 0.3) is 0 Å². The number of nitrogens with two attached hydrogens (primary N) is 3. The number of ether oxygens (including phenoxy) is 1. The summed E-state index contributed by atoms with van der Waals surface area (Å²) in [5.74, 6) is -0.689. The van der Waals surface area contributed by atoms with Gasteiger partial charge in [-0.3, -0.25) is 9.59 Å². The number of carbonyl (C=O) groups is 2. The summed E-state index contributed by atoms with van der Waals surface area (Å²) in [6.07, 6.45) is 5.76. The molecule has 0 aliphatic heterocycles. The lowest BCUT2D eigenvalue weighted by Gasteiger charge is -2.28. The number of anilines is 1. The van der Waals surface area contributed by atoms with Crippen LogP contribution in [0, 0.1) is 5.92 Å². The van der Waals surface area contributed by atoms with E-state index in [9.17, 15) is 18.0 Å². The topological polar surface area (TPSA) is 183 Å². The van der Waals surface area contributed by atoms with Crippen molar-refractivity contribution in [1.29, 1.82) is 0 Å². The summed E-state index contributed by atoms with van der Waals surface area (Å²) >= 11 is 0. The van der Waals surface area contributed by atoms with Crippen LogP contribution in [0.5, 0.6) is 5.75 Å². The van der Waals surface area contributed by atoms with Gasteiger partial charge in [-0.05, 0) is 43.5 Å². The van der Waals surface area contributed by atoms with E-state index < -0.39 is 33.8 Å². The van der Waals surface area contributed by atoms with Crippen molar-refractivity contribution in [3.63, 3.8) is 0 Å². The van der Waals surface area contributed by atoms with Gasteiger partial charge in [-0.1, -0.05) is 32.1 Å². The molecule has 2 rings (SSSR count). The van der Waals surface area contributed by atoms with Gasteiger partial charge in [0.1, 0.15) is 11.8 Å². The Morgan fingerprint density at radius 1 is 1.06 bits per heavy atom. The van der Waals surface area contributed by atoms with Gasteiger partial charge in [0, 0.05) is 31.9 Å². The Hall–Kier alpha value is -2.25. The Morgan fingerprint density at radius 3 is 2.22 bits per heavy atom. The van der Waals surface area contributed by atoms with E-state index in [0.29, 0.717) is 30.4 Å². The minimum absolute atomic E-state index is 0.0860. The lowest BCUT2D eigenvalue weighted by atomic mass is 9.84. The Kier molecular flexibility index (Phi) is 12.6. The molecule has 2 atom stereocenters. The standard InChI is InChI=1S/C24H42N6O5S/c1-2-35-20-10-8-19(9-11-20)28-24(32)22(16-18-6-4-3-5-7-18)29-23(31)21(27)17-36(33,34)30(14-12-25)15-13-26/h8-11,18,21-22H,2-7,12-17,25-27H2,1H3,(H,28,32)(H,29,31)/t21?,22-/m0/s1. The third-order valence-electron chi connectivity index (χ3n) is 6.24. The van der Waals surface area contributed by atoms with Crippen molar-refractivity contribution < 1.29 is 22.7 Å². The molecule has 0 radical (unpaired) electrons. The van der Waals surface area contributed by atoms with E-state index in [-0.39, 0.29) is 32.1 Å². The molecule has 0 aromatic heterocycles. The lowest BCUT2D eigenvalue weighted by Crippen LogP contribution is -2.54. The van der Waals surface area contributed by atoms with Gasteiger partial charge in [0.2, 0.25) is 21.8 Å². The van der Waals surface area contributed by atoms with Crippen LogP contribution < -0.4 is 32.6 Å². The molecule has 11 nitrogen and oxygen atoms in total. The molecule has 0 saturated heterocycles. The molecular formula is C24H42N6O5S. The Labute approximate surface area is 214 Å². The molecule has 1 unspecified atom stereocenters. The van der Waals surface area contributed by atoms with Crippen molar-refractivity contribution in [1.82, 2.24) is 9.62 Å². The predicted molar refractivity (Wildman–Crippen MR) is 141 cm³/mol. The number of hydrogen-bond donors (Lipinski definition) is 5. The van der Waals surface area contributed by atoms with E-state index in [2.05, 4.69) is 10.6 Å². The fourth-order valence-corrected chi connectivity index (χ4v) is 5.97. The van der Waals surface area contributed by atoms with Crippen LogP contribution in [0.4, 0.5) is 5.69 Å². The summed E-state index contributed by atoms with van der Waals surface area (Å²) in [4.78, 5) is 26.1. The van der Waals surface area contributed by atoms with Crippen LogP contribution in [0.3, 0.4) is 0 Å². The van der Waals surface area contributed by atoms with Gasteiger partial charge in [-0.2, -0.15) is 4.31 Å². The zero-order valence-corrected chi connectivity index (χ0v) is 22.0. The zero-order chi connectivity index (χ0) is 26.6. The molecule has 1 aromatic carbocycles. The number of amides is 2. The molecule has 12 heteroatoms. The monoisotopic (exact) mass is 526 g/mol. The maximum absolute atomic E-state index is 13.2. The molecule has 8 N–H and O–H groups in total. The molecule has 1 aliphatic carbocycles. The first-order chi connectivity index (χ1) is 17.2. The van der Waals surface area contributed by atoms with E-state index in [1.807, 2.05) is 6.92 Å². The third kappa shape index (κ3) is 9.66. The predicted octanol–water partition coefficient (Wildman–Crippen LogP) is 0.356. The molecule has 0 bridgehead atoms. The lowest BCUT2D eigenvalue weighted by molar-refractivity contribution is -0.127. The highest BCUT2D eigenvalue weighted by Crippen LogP contribution is 2.28. The van der Waals surface area contributed by atoms with Crippen molar-refractivity contribution in [3.05, 3.63) is 24.3 Å². The number of benzene rings is 1. The minimum atomic E-state index is -3.86. The molecule has 0 heterocycles. The molecule has 36 heavy (non-hydrogen) atoms. The van der Waals surface area contributed by atoms with Crippen LogP contribution >= 0.6 is 0 Å². The van der Waals surface area contributed by atoms with Gasteiger partial charge in [0.15, 0.2) is 0 Å². The minimum Gasteiger partial charge on any atom is -0.494 e. The average molecular weight is 527 g/mol. The average Bonchev–Trinajstić information content (AvgIpc) is 2.85. The molecule has 2 amide bonds. The van der Waals surface area contributed by atoms with Gasteiger partial charge >= 0.3 is 0 Å². The van der Waals surface area contributed by atoms with Crippen LogP contribution in [0.2, 0.25) is 0 Å². The maximum atomic E-state index is 13.2. The molecular weight excluding hydrogens is 484 g/mol. The summed E-state index contributed by atoms with van der Waals surface area (Å²) in [5, 5.41) is 5.55. The van der Waals surface area contributed by atoms with E-state index in [1.165, 1.54) is 0 Å². The molecule has 0 spiro atoms. The van der Waals surface area contributed by atoms with Gasteiger partial charge in [-0.15, -0.1) is 0 Å². The van der Waals surface area contributed by atoms with Crippen LogP contribution in [0.1, 0.15) is 45.4 Å². The first-order valence-corrected chi connectivity index (χ1v) is 14.3.